The topological polar surface area (TPSA) is 80.6 Å². The van der Waals surface area contributed by atoms with Crippen LogP contribution in [0.3, 0.4) is 0 Å². The van der Waals surface area contributed by atoms with E-state index in [1.54, 1.807) is 45.6 Å². The van der Waals surface area contributed by atoms with Gasteiger partial charge in [-0.2, -0.15) is 5.26 Å². The smallest absolute Gasteiger partial charge is 0.203 e. The highest BCUT2D eigenvalue weighted by Crippen LogP contribution is 2.40. The van der Waals surface area contributed by atoms with Crippen LogP contribution in [-0.4, -0.2) is 27.1 Å². The summed E-state index contributed by atoms with van der Waals surface area (Å²) in [6, 6.07) is 10.7. The molecule has 0 radical (unpaired) electrons. The number of nitriles is 1. The second-order valence-electron chi connectivity index (χ2n) is 5.28. The maximum atomic E-state index is 11.6. The van der Waals surface area contributed by atoms with E-state index in [1.807, 2.05) is 6.07 Å². The van der Waals surface area contributed by atoms with Gasteiger partial charge in [-0.25, -0.2) is 0 Å². The summed E-state index contributed by atoms with van der Waals surface area (Å²) in [4.78, 5) is 11.6. The number of rotatable bonds is 7. The third-order valence-electron chi connectivity index (χ3n) is 3.80. The van der Waals surface area contributed by atoms with Crippen LogP contribution >= 0.6 is 0 Å². The Labute approximate surface area is 146 Å². The lowest BCUT2D eigenvalue weighted by molar-refractivity contribution is 0.101. The first-order valence-corrected chi connectivity index (χ1v) is 7.62. The molecular formula is C19H20N2O4. The molecule has 0 bridgehead atoms. The van der Waals surface area contributed by atoms with Crippen molar-refractivity contribution in [3.8, 4) is 23.3 Å². The first-order valence-electron chi connectivity index (χ1n) is 7.62. The van der Waals surface area contributed by atoms with Crippen molar-refractivity contribution in [2.24, 2.45) is 0 Å². The Morgan fingerprint density at radius 1 is 1.08 bits per heavy atom. The minimum Gasteiger partial charge on any atom is -0.493 e. The van der Waals surface area contributed by atoms with Gasteiger partial charge in [-0.15, -0.1) is 0 Å². The monoisotopic (exact) mass is 340 g/mol. The normalized spacial score (nSPS) is 9.88. The van der Waals surface area contributed by atoms with Crippen molar-refractivity contribution in [1.82, 2.24) is 0 Å². The zero-order valence-corrected chi connectivity index (χ0v) is 14.7. The van der Waals surface area contributed by atoms with E-state index < -0.39 is 0 Å². The molecule has 0 aliphatic heterocycles. The quantitative estimate of drug-likeness (QED) is 0.778. The highest BCUT2D eigenvalue weighted by molar-refractivity contribution is 5.95. The van der Waals surface area contributed by atoms with Gasteiger partial charge in [-0.05, 0) is 37.3 Å². The SMILES string of the molecule is COc1ccc(CNc2cc(C(C)=O)ccc2C#N)c(OC)c1OC. The second kappa shape index (κ2) is 8.06. The molecule has 0 aromatic heterocycles. The molecule has 0 aliphatic carbocycles. The molecule has 25 heavy (non-hydrogen) atoms. The van der Waals surface area contributed by atoms with Crippen LogP contribution in [-0.2, 0) is 6.54 Å². The van der Waals surface area contributed by atoms with Crippen molar-refractivity contribution >= 4 is 11.5 Å². The molecule has 6 heteroatoms. The maximum Gasteiger partial charge on any atom is 0.203 e. The van der Waals surface area contributed by atoms with Crippen LogP contribution in [0, 0.1) is 11.3 Å². The summed E-state index contributed by atoms with van der Waals surface area (Å²) in [5, 5.41) is 12.4. The van der Waals surface area contributed by atoms with Crippen molar-refractivity contribution in [2.75, 3.05) is 26.6 Å². The van der Waals surface area contributed by atoms with Crippen molar-refractivity contribution in [1.29, 1.82) is 5.26 Å². The summed E-state index contributed by atoms with van der Waals surface area (Å²) in [5.41, 5.74) is 2.43. The second-order valence-corrected chi connectivity index (χ2v) is 5.28. The maximum absolute atomic E-state index is 11.6. The van der Waals surface area contributed by atoms with Gasteiger partial charge in [0.05, 0.1) is 32.6 Å². The van der Waals surface area contributed by atoms with Crippen molar-refractivity contribution in [3.63, 3.8) is 0 Å². The Morgan fingerprint density at radius 3 is 2.36 bits per heavy atom. The fourth-order valence-electron chi connectivity index (χ4n) is 2.50. The van der Waals surface area contributed by atoms with Crippen LogP contribution in [0.1, 0.15) is 28.4 Å². The van der Waals surface area contributed by atoms with Crippen LogP contribution < -0.4 is 19.5 Å². The Kier molecular flexibility index (Phi) is 5.85. The van der Waals surface area contributed by atoms with Crippen LogP contribution in [0.15, 0.2) is 30.3 Å². The summed E-state index contributed by atoms with van der Waals surface area (Å²) in [7, 11) is 4.65. The number of carbonyl (C=O) groups excluding carboxylic acids is 1. The van der Waals surface area contributed by atoms with Crippen LogP contribution in [0.4, 0.5) is 5.69 Å². The number of ketones is 1. The molecule has 6 nitrogen and oxygen atoms in total. The molecule has 0 aliphatic rings. The molecule has 0 unspecified atom stereocenters. The van der Waals surface area contributed by atoms with Crippen LogP contribution in [0.2, 0.25) is 0 Å². The number of ether oxygens (including phenoxy) is 3. The van der Waals surface area contributed by atoms with E-state index in [0.717, 1.165) is 5.56 Å². The van der Waals surface area contributed by atoms with Crippen LogP contribution in [0.5, 0.6) is 17.2 Å². The molecule has 2 aromatic carbocycles. The minimum atomic E-state index is -0.0590. The summed E-state index contributed by atoms with van der Waals surface area (Å²) in [5.74, 6) is 1.56. The molecule has 2 aromatic rings. The van der Waals surface area contributed by atoms with Gasteiger partial charge in [-0.1, -0.05) is 0 Å². The molecule has 2 rings (SSSR count). The Hall–Kier alpha value is -3.20. The third-order valence-corrected chi connectivity index (χ3v) is 3.80. The van der Waals surface area contributed by atoms with Gasteiger partial charge < -0.3 is 19.5 Å². The van der Waals surface area contributed by atoms with Crippen LogP contribution in [0.25, 0.3) is 0 Å². The first kappa shape index (κ1) is 18.1. The van der Waals surface area contributed by atoms with Gasteiger partial charge in [0.15, 0.2) is 17.3 Å². The van der Waals surface area contributed by atoms with E-state index in [1.165, 1.54) is 6.92 Å². The first-order chi connectivity index (χ1) is 12.0. The number of Topliss-reactive ketones (excluding diaryl/α,β-unsaturated/α-hetero) is 1. The zero-order valence-electron chi connectivity index (χ0n) is 14.7. The lowest BCUT2D eigenvalue weighted by Gasteiger charge is -2.17. The Bertz CT molecular complexity index is 825. The molecule has 0 heterocycles. The summed E-state index contributed by atoms with van der Waals surface area (Å²) in [6.45, 7) is 1.88. The minimum absolute atomic E-state index is 0.0590. The molecule has 0 saturated carbocycles. The predicted octanol–water partition coefficient (Wildman–Crippen LogP) is 3.40. The lowest BCUT2D eigenvalue weighted by Crippen LogP contribution is -2.06. The molecule has 0 fully saturated rings. The number of hydrogen-bond donors (Lipinski definition) is 1. The molecule has 0 amide bonds. The number of anilines is 1. The zero-order chi connectivity index (χ0) is 18.4. The average Bonchev–Trinajstić information content (AvgIpc) is 2.64. The van der Waals surface area contributed by atoms with Crippen molar-refractivity contribution < 1.29 is 19.0 Å². The predicted molar refractivity (Wildman–Crippen MR) is 94.6 cm³/mol. The molecular weight excluding hydrogens is 320 g/mol. The van der Waals surface area contributed by atoms with E-state index in [0.29, 0.717) is 40.6 Å². The number of hydrogen-bond acceptors (Lipinski definition) is 6. The highest BCUT2D eigenvalue weighted by Gasteiger charge is 2.16. The van der Waals surface area contributed by atoms with E-state index >= 15 is 0 Å². The molecule has 0 spiro atoms. The van der Waals surface area contributed by atoms with Crippen molar-refractivity contribution in [3.05, 3.63) is 47.0 Å². The number of benzene rings is 2. The van der Waals surface area contributed by atoms with Gasteiger partial charge in [0.1, 0.15) is 6.07 Å². The summed E-state index contributed by atoms with van der Waals surface area (Å²) < 4.78 is 16.1. The number of nitrogens with zero attached hydrogens (tertiary/aromatic N) is 1. The average molecular weight is 340 g/mol. The summed E-state index contributed by atoms with van der Waals surface area (Å²) in [6.07, 6.45) is 0. The molecule has 1 N–H and O–H groups in total. The Morgan fingerprint density at radius 2 is 1.80 bits per heavy atom. The van der Waals surface area contributed by atoms with E-state index in [-0.39, 0.29) is 5.78 Å². The number of carbonyl (C=O) groups is 1. The summed E-state index contributed by atoms with van der Waals surface area (Å²) >= 11 is 0. The van der Waals surface area contributed by atoms with Gasteiger partial charge in [0, 0.05) is 17.7 Å². The number of nitrogens with one attached hydrogen (secondary N) is 1. The highest BCUT2D eigenvalue weighted by atomic mass is 16.5. The van der Waals surface area contributed by atoms with E-state index in [4.69, 9.17) is 14.2 Å². The molecule has 0 saturated heterocycles. The van der Waals surface area contributed by atoms with Crippen molar-refractivity contribution in [2.45, 2.75) is 13.5 Å². The largest absolute Gasteiger partial charge is 0.493 e. The van der Waals surface area contributed by atoms with Gasteiger partial charge in [0.2, 0.25) is 5.75 Å². The van der Waals surface area contributed by atoms with Gasteiger partial charge in [0.25, 0.3) is 0 Å². The fourth-order valence-corrected chi connectivity index (χ4v) is 2.50. The standard InChI is InChI=1S/C19H20N2O4/c1-12(22)13-5-6-14(10-20)16(9-13)21-11-15-7-8-17(23-2)19(25-4)18(15)24-3/h5-9,21H,11H2,1-4H3. The Balaban J connectivity index is 2.35. The number of methoxy groups -OCH3 is 3. The lowest BCUT2D eigenvalue weighted by atomic mass is 10.1. The molecule has 0 atom stereocenters. The fraction of sp³-hybridized carbons (Fsp3) is 0.263. The molecule has 130 valence electrons. The van der Waals surface area contributed by atoms with E-state index in [9.17, 15) is 10.1 Å². The van der Waals surface area contributed by atoms with E-state index in [2.05, 4.69) is 11.4 Å². The third kappa shape index (κ3) is 3.83. The van der Waals surface area contributed by atoms with Gasteiger partial charge in [-0.3, -0.25) is 4.79 Å². The van der Waals surface area contributed by atoms with Gasteiger partial charge >= 0.3 is 0 Å².